The first-order chi connectivity index (χ1) is 6.61. The summed E-state index contributed by atoms with van der Waals surface area (Å²) in [5.74, 6) is 0. The molecule has 2 aliphatic carbocycles. The van der Waals surface area contributed by atoms with Gasteiger partial charge in [0.15, 0.2) is 0 Å². The minimum atomic E-state index is 1.04. The van der Waals surface area contributed by atoms with Crippen molar-refractivity contribution in [1.29, 1.82) is 0 Å². The summed E-state index contributed by atoms with van der Waals surface area (Å²) in [7, 11) is 0. The van der Waals surface area contributed by atoms with Crippen LogP contribution in [0.25, 0.3) is 0 Å². The molecule has 0 bridgehead atoms. The van der Waals surface area contributed by atoms with Crippen LogP contribution in [0.4, 0.5) is 0 Å². The van der Waals surface area contributed by atoms with E-state index in [1.54, 1.807) is 0 Å². The van der Waals surface area contributed by atoms with Gasteiger partial charge >= 0.3 is 94.1 Å². The quantitative estimate of drug-likeness (QED) is 0.597. The van der Waals surface area contributed by atoms with E-state index in [0.29, 0.717) is 0 Å². The van der Waals surface area contributed by atoms with Crippen molar-refractivity contribution in [3.63, 3.8) is 0 Å². The summed E-state index contributed by atoms with van der Waals surface area (Å²) in [4.78, 5) is 0. The second kappa shape index (κ2) is 3.56. The Morgan fingerprint density at radius 1 is 1.00 bits per heavy atom. The molecule has 0 aromatic rings. The topological polar surface area (TPSA) is 0 Å². The van der Waals surface area contributed by atoms with Crippen molar-refractivity contribution >= 4 is 0 Å². The fourth-order valence-electron chi connectivity index (χ4n) is 2.10. The molecule has 0 nitrogen and oxygen atoms in total. The molecule has 0 atom stereocenters. The average Bonchev–Trinajstić information content (AvgIpc) is 2.63. The third-order valence-corrected chi connectivity index (χ3v) is 3.90. The van der Waals surface area contributed by atoms with Gasteiger partial charge in [0.25, 0.3) is 0 Å². The van der Waals surface area contributed by atoms with Gasteiger partial charge in [-0.05, 0) is 0 Å². The van der Waals surface area contributed by atoms with E-state index in [4.69, 9.17) is 0 Å². The van der Waals surface area contributed by atoms with Gasteiger partial charge in [0.05, 0.1) is 0 Å². The Kier molecular flexibility index (Phi) is 2.55. The Morgan fingerprint density at radius 2 is 1.71 bits per heavy atom. The van der Waals surface area contributed by atoms with E-state index >= 15 is 0 Å². The summed E-state index contributed by atoms with van der Waals surface area (Å²) in [6.07, 6.45) is 6.79. The third-order valence-electron chi connectivity index (χ3n) is 3.26. The first-order valence-electron chi connectivity index (χ1n) is 5.03. The molecule has 0 unspecified atom stereocenters. The Labute approximate surface area is 94.3 Å². The molecule has 0 N–H and O–H groups in total. The maximum absolute atomic E-state index is 4.07. The van der Waals surface area contributed by atoms with E-state index < -0.39 is 0 Å². The van der Waals surface area contributed by atoms with Crippen LogP contribution in [0.1, 0.15) is 33.6 Å². The zero-order chi connectivity index (χ0) is 10.3. The van der Waals surface area contributed by atoms with E-state index in [1.807, 2.05) is 0 Å². The second-order valence-corrected chi connectivity index (χ2v) is 4.70. The van der Waals surface area contributed by atoms with Crippen LogP contribution in [0, 0.1) is 0 Å². The van der Waals surface area contributed by atoms with Crippen LogP contribution in [-0.2, 0) is 16.0 Å². The van der Waals surface area contributed by atoms with Gasteiger partial charge in [-0.25, -0.2) is 0 Å². The summed E-state index contributed by atoms with van der Waals surface area (Å²) in [6.45, 7) is 6.61. The van der Waals surface area contributed by atoms with Crippen LogP contribution in [0.5, 0.6) is 0 Å². The molecule has 0 radical (unpaired) electrons. The molecule has 14 heavy (non-hydrogen) atoms. The Hall–Kier alpha value is -0.521. The van der Waals surface area contributed by atoms with Crippen molar-refractivity contribution in [2.24, 2.45) is 0 Å². The molecule has 0 saturated carbocycles. The first-order valence-corrected chi connectivity index (χ1v) is 5.58. The number of allylic oxidation sites excluding steroid dienone is 8. The number of hydrogen-bond acceptors (Lipinski definition) is 0. The number of rotatable bonds is 1. The summed E-state index contributed by atoms with van der Waals surface area (Å²) in [5, 5.41) is 0. The molecule has 0 aliphatic heterocycles. The van der Waals surface area contributed by atoms with E-state index in [9.17, 15) is 0 Å². The molecule has 0 spiro atoms. The fraction of sp³-hybridized carbons (Fsp3) is 0.385. The summed E-state index contributed by atoms with van der Waals surface area (Å²) < 4.78 is 1.28. The second-order valence-electron chi connectivity index (χ2n) is 4.03. The molecule has 2 aliphatic rings. The summed E-state index contributed by atoms with van der Waals surface area (Å²) >= 11 is 4.07. The zero-order valence-corrected chi connectivity index (χ0v) is 10.0. The van der Waals surface area contributed by atoms with Crippen LogP contribution >= 0.6 is 0 Å². The van der Waals surface area contributed by atoms with E-state index in [-0.39, 0.29) is 0 Å². The van der Waals surface area contributed by atoms with Crippen molar-refractivity contribution < 1.29 is 16.0 Å². The molecule has 1 heteroatoms. The van der Waals surface area contributed by atoms with Crippen molar-refractivity contribution in [2.45, 2.75) is 33.6 Å². The third kappa shape index (κ3) is 1.45. The maximum atomic E-state index is 4.07. The van der Waals surface area contributed by atoms with Crippen LogP contribution in [-0.4, -0.2) is 0 Å². The summed E-state index contributed by atoms with van der Waals surface area (Å²) in [5.41, 5.74) is 7.25. The van der Waals surface area contributed by atoms with Crippen molar-refractivity contribution in [2.75, 3.05) is 0 Å². The molecule has 0 heterocycles. The molecular weight excluding hydrogens is 212 g/mol. The monoisotopic (exact) mass is 227 g/mol. The van der Waals surface area contributed by atoms with Crippen molar-refractivity contribution in [3.8, 4) is 0 Å². The van der Waals surface area contributed by atoms with Gasteiger partial charge in [-0.3, -0.25) is 0 Å². The van der Waals surface area contributed by atoms with Crippen LogP contribution in [0.15, 0.2) is 44.5 Å². The van der Waals surface area contributed by atoms with Gasteiger partial charge < -0.3 is 0 Å². The van der Waals surface area contributed by atoms with Crippen molar-refractivity contribution in [1.82, 2.24) is 0 Å². The first kappa shape index (κ1) is 10.0. The van der Waals surface area contributed by atoms with Gasteiger partial charge in [0.1, 0.15) is 0 Å². The predicted octanol–water partition coefficient (Wildman–Crippen LogP) is 3.80. The van der Waals surface area contributed by atoms with E-state index in [0.717, 1.165) is 12.8 Å². The molecular formula is C13H15Fe. The SMILES string of the molecule is CC1=CCC(C2=CC[C]([Fe])=C2C)=C1C. The predicted molar refractivity (Wildman–Crippen MR) is 56.5 cm³/mol. The average molecular weight is 227 g/mol. The molecule has 0 aromatic carbocycles. The van der Waals surface area contributed by atoms with Crippen molar-refractivity contribution in [3.05, 3.63) is 44.5 Å². The molecule has 0 aromatic heterocycles. The van der Waals surface area contributed by atoms with Crippen LogP contribution < -0.4 is 0 Å². The number of hydrogen-bond donors (Lipinski definition) is 0. The molecule has 2 rings (SSSR count). The Bertz CT molecular complexity index is 403. The normalized spacial score (nSPS) is 22.0. The van der Waals surface area contributed by atoms with Gasteiger partial charge in [0, 0.05) is 0 Å². The Balaban J connectivity index is 2.37. The van der Waals surface area contributed by atoms with Gasteiger partial charge in [-0.15, -0.1) is 0 Å². The molecule has 0 fully saturated rings. The van der Waals surface area contributed by atoms with Gasteiger partial charge in [-0.1, -0.05) is 0 Å². The van der Waals surface area contributed by atoms with E-state index in [1.165, 1.54) is 32.3 Å². The Morgan fingerprint density at radius 3 is 2.14 bits per heavy atom. The standard InChI is InChI=1S/C13H15.Fe/c1-9-7-8-13(11(9)3)12-6-4-5-10(12)2;/h6-7H,4,8H2,1-3H3;. The fourth-order valence-corrected chi connectivity index (χ4v) is 2.36. The van der Waals surface area contributed by atoms with E-state index in [2.05, 4.69) is 48.9 Å². The zero-order valence-electron chi connectivity index (χ0n) is 8.92. The van der Waals surface area contributed by atoms with Crippen LogP contribution in [0.2, 0.25) is 0 Å². The van der Waals surface area contributed by atoms with Gasteiger partial charge in [0.2, 0.25) is 0 Å². The molecule has 0 saturated heterocycles. The van der Waals surface area contributed by atoms with Gasteiger partial charge in [-0.2, -0.15) is 0 Å². The minimum absolute atomic E-state index is 1.04. The summed E-state index contributed by atoms with van der Waals surface area (Å²) in [6, 6.07) is 0. The molecule has 0 amide bonds. The molecule has 75 valence electrons. The van der Waals surface area contributed by atoms with Crippen LogP contribution in [0.3, 0.4) is 0 Å².